The van der Waals surface area contributed by atoms with E-state index < -0.39 is 29.2 Å². The van der Waals surface area contributed by atoms with E-state index in [1.54, 1.807) is 0 Å². The summed E-state index contributed by atoms with van der Waals surface area (Å²) < 4.78 is -2.57. The minimum absolute atomic E-state index is 0.290. The maximum absolute atomic E-state index is 12.1. The number of rotatable bonds is 8. The summed E-state index contributed by atoms with van der Waals surface area (Å²) in [6.45, 7) is 7.25. The van der Waals surface area contributed by atoms with E-state index in [0.717, 1.165) is 0 Å². The Balaban J connectivity index is 7.00. The number of carboxylic acid groups (broad SMARTS) is 2. The second-order valence-corrected chi connectivity index (χ2v) is 14.6. The van der Waals surface area contributed by atoms with Gasteiger partial charge in [0.2, 0.25) is 0 Å². The van der Waals surface area contributed by atoms with Gasteiger partial charge in [0.25, 0.3) is 0 Å². The quantitative estimate of drug-likeness (QED) is 0.229. The standard InChI is InChI=1S/C14H18Br6O4/c1-11(2,5-15)13(17,18)7(9(21)22)8(10(23)24)14(19,20)12(3,4)6-16/h5-6H2,1-4H3,(H,21,22)(H,23,24)/b8-7+. The van der Waals surface area contributed by atoms with E-state index in [1.807, 2.05) is 27.7 Å². The molecule has 0 bridgehead atoms. The van der Waals surface area contributed by atoms with Crippen LogP contribution in [0.1, 0.15) is 27.7 Å². The maximum atomic E-state index is 12.1. The first kappa shape index (κ1) is 25.6. The van der Waals surface area contributed by atoms with Gasteiger partial charge in [0, 0.05) is 21.5 Å². The van der Waals surface area contributed by atoms with Gasteiger partial charge in [-0.15, -0.1) is 0 Å². The van der Waals surface area contributed by atoms with E-state index in [4.69, 9.17) is 0 Å². The lowest BCUT2D eigenvalue weighted by Crippen LogP contribution is -2.46. The van der Waals surface area contributed by atoms with E-state index >= 15 is 0 Å². The number of aliphatic carboxylic acids is 2. The molecule has 0 aliphatic heterocycles. The van der Waals surface area contributed by atoms with Crippen LogP contribution in [-0.2, 0) is 9.59 Å². The summed E-state index contributed by atoms with van der Waals surface area (Å²) in [5.41, 5.74) is -1.89. The number of halogens is 6. The molecule has 0 aromatic rings. The summed E-state index contributed by atoms with van der Waals surface area (Å²) in [4.78, 5) is 24.1. The molecule has 0 spiro atoms. The van der Waals surface area contributed by atoms with E-state index in [9.17, 15) is 19.8 Å². The summed E-state index contributed by atoms with van der Waals surface area (Å²) in [5, 5.41) is 20.5. The fraction of sp³-hybridized carbons (Fsp3) is 0.714. The molecule has 0 aliphatic carbocycles. The van der Waals surface area contributed by atoms with Crippen LogP contribution in [-0.4, -0.2) is 39.3 Å². The molecule has 0 saturated heterocycles. The van der Waals surface area contributed by atoms with E-state index in [1.165, 1.54) is 0 Å². The summed E-state index contributed by atoms with van der Waals surface area (Å²) in [5.74, 6) is -2.66. The first-order valence-corrected chi connectivity index (χ1v) is 12.0. The average molecular weight is 730 g/mol. The van der Waals surface area contributed by atoms with Gasteiger partial charge < -0.3 is 10.2 Å². The first-order valence-electron chi connectivity index (χ1n) is 6.60. The van der Waals surface area contributed by atoms with Crippen LogP contribution in [0.3, 0.4) is 0 Å². The SMILES string of the molecule is CC(C)(CBr)C(Br)(Br)/C(C(=O)O)=C(\C(=O)O)C(Br)(Br)C(C)(C)CBr. The molecule has 24 heavy (non-hydrogen) atoms. The third-order valence-electron chi connectivity index (χ3n) is 3.67. The highest BCUT2D eigenvalue weighted by molar-refractivity contribution is 9.26. The van der Waals surface area contributed by atoms with Crippen molar-refractivity contribution in [3.05, 3.63) is 11.1 Å². The van der Waals surface area contributed by atoms with Gasteiger partial charge in [0.15, 0.2) is 0 Å². The Hall–Kier alpha value is 1.56. The molecule has 2 N–H and O–H groups in total. The van der Waals surface area contributed by atoms with Crippen LogP contribution in [0, 0.1) is 10.8 Å². The molecule has 0 aliphatic rings. The van der Waals surface area contributed by atoms with Crippen LogP contribution in [0.5, 0.6) is 0 Å². The summed E-state index contributed by atoms with van der Waals surface area (Å²) in [6, 6.07) is 0. The van der Waals surface area contributed by atoms with Gasteiger partial charge in [-0.05, 0) is 0 Å². The van der Waals surface area contributed by atoms with Crippen LogP contribution in [0.2, 0.25) is 0 Å². The van der Waals surface area contributed by atoms with Crippen molar-refractivity contribution in [2.45, 2.75) is 34.2 Å². The van der Waals surface area contributed by atoms with Crippen molar-refractivity contribution in [1.82, 2.24) is 0 Å². The predicted octanol–water partition coefficient (Wildman–Crippen LogP) is 6.27. The Morgan fingerprint density at radius 1 is 0.708 bits per heavy atom. The largest absolute Gasteiger partial charge is 0.478 e. The third kappa shape index (κ3) is 4.88. The topological polar surface area (TPSA) is 74.6 Å². The molecule has 0 amide bonds. The minimum Gasteiger partial charge on any atom is -0.478 e. The minimum atomic E-state index is -1.33. The summed E-state index contributed by atoms with van der Waals surface area (Å²) in [6.07, 6.45) is 0. The van der Waals surface area contributed by atoms with E-state index in [2.05, 4.69) is 95.6 Å². The van der Waals surface area contributed by atoms with Crippen molar-refractivity contribution in [3.8, 4) is 0 Å². The van der Waals surface area contributed by atoms with Crippen LogP contribution >= 0.6 is 95.6 Å². The molecular formula is C14H18Br6O4. The van der Waals surface area contributed by atoms with Gasteiger partial charge in [0.1, 0.15) is 6.47 Å². The van der Waals surface area contributed by atoms with Gasteiger partial charge in [-0.2, -0.15) is 0 Å². The highest BCUT2D eigenvalue weighted by atomic mass is 79.9. The van der Waals surface area contributed by atoms with Crippen LogP contribution < -0.4 is 0 Å². The molecule has 10 heteroatoms. The molecule has 0 aromatic heterocycles. The van der Waals surface area contributed by atoms with Gasteiger partial charge >= 0.3 is 11.9 Å². The van der Waals surface area contributed by atoms with Gasteiger partial charge in [0.05, 0.1) is 11.1 Å². The van der Waals surface area contributed by atoms with E-state index in [-0.39, 0.29) is 11.1 Å². The molecule has 0 heterocycles. The maximum Gasteiger partial charge on any atom is 0.334 e. The second kappa shape index (κ2) is 8.71. The van der Waals surface area contributed by atoms with Crippen LogP contribution in [0.15, 0.2) is 11.1 Å². The van der Waals surface area contributed by atoms with Crippen LogP contribution in [0.4, 0.5) is 0 Å². The fourth-order valence-electron chi connectivity index (χ4n) is 1.64. The summed E-state index contributed by atoms with van der Waals surface area (Å²) >= 11 is 20.4. The second-order valence-electron chi connectivity index (χ2n) is 6.54. The van der Waals surface area contributed by atoms with Gasteiger partial charge in [-0.25, -0.2) is 9.59 Å². The number of carbonyl (C=O) groups is 2. The molecule has 0 atom stereocenters. The number of hydrogen-bond donors (Lipinski definition) is 2. The molecule has 0 fully saturated rings. The average Bonchev–Trinajstić information content (AvgIpc) is 2.42. The Labute approximate surface area is 192 Å². The smallest absolute Gasteiger partial charge is 0.334 e. The number of carboxylic acids is 2. The van der Waals surface area contributed by atoms with Gasteiger partial charge in [-0.3, -0.25) is 0 Å². The molecule has 0 unspecified atom stereocenters. The zero-order chi connectivity index (χ0) is 19.7. The van der Waals surface area contributed by atoms with Crippen molar-refractivity contribution in [2.24, 2.45) is 10.8 Å². The van der Waals surface area contributed by atoms with Crippen molar-refractivity contribution < 1.29 is 19.8 Å². The molecule has 4 nitrogen and oxygen atoms in total. The normalized spacial score (nSPS) is 15.1. The van der Waals surface area contributed by atoms with Crippen LogP contribution in [0.25, 0.3) is 0 Å². The van der Waals surface area contributed by atoms with Crippen molar-refractivity contribution in [3.63, 3.8) is 0 Å². The highest BCUT2D eigenvalue weighted by Crippen LogP contribution is 2.57. The fourth-order valence-corrected chi connectivity index (χ4v) is 6.02. The van der Waals surface area contributed by atoms with Gasteiger partial charge in [-0.1, -0.05) is 123 Å². The highest BCUT2D eigenvalue weighted by Gasteiger charge is 2.55. The molecule has 0 aromatic carbocycles. The Bertz CT molecular complexity index is 503. The molecule has 0 saturated carbocycles. The molecule has 0 radical (unpaired) electrons. The van der Waals surface area contributed by atoms with Crippen molar-refractivity contribution in [2.75, 3.05) is 10.7 Å². The predicted molar refractivity (Wildman–Crippen MR) is 119 cm³/mol. The zero-order valence-electron chi connectivity index (χ0n) is 13.4. The monoisotopic (exact) mass is 724 g/mol. The Kier molecular flexibility index (Phi) is 9.28. The first-order chi connectivity index (χ1) is 10.5. The number of alkyl halides is 6. The molecular weight excluding hydrogens is 712 g/mol. The Morgan fingerprint density at radius 2 is 0.917 bits per heavy atom. The lowest BCUT2D eigenvalue weighted by atomic mass is 9.80. The number of hydrogen-bond acceptors (Lipinski definition) is 2. The molecule has 140 valence electrons. The van der Waals surface area contributed by atoms with Crippen molar-refractivity contribution >= 4 is 108 Å². The van der Waals surface area contributed by atoms with E-state index in [0.29, 0.717) is 10.7 Å². The summed E-state index contributed by atoms with van der Waals surface area (Å²) in [7, 11) is 0. The Morgan fingerprint density at radius 3 is 1.04 bits per heavy atom. The lowest BCUT2D eigenvalue weighted by Gasteiger charge is -2.42. The van der Waals surface area contributed by atoms with Crippen molar-refractivity contribution in [1.29, 1.82) is 0 Å². The molecule has 0 rings (SSSR count). The lowest BCUT2D eigenvalue weighted by molar-refractivity contribution is -0.136. The zero-order valence-corrected chi connectivity index (χ0v) is 22.9. The third-order valence-corrected chi connectivity index (χ3v) is 12.4.